The van der Waals surface area contributed by atoms with Gasteiger partial charge >= 0.3 is 0 Å². The first-order valence-corrected chi connectivity index (χ1v) is 8.79. The number of aryl methyl sites for hydroxylation is 2. The number of hydrogen-bond donors (Lipinski definition) is 2. The summed E-state index contributed by atoms with van der Waals surface area (Å²) in [5.74, 6) is 1.55. The summed E-state index contributed by atoms with van der Waals surface area (Å²) < 4.78 is 1.74. The fraction of sp³-hybridized carbons (Fsp3) is 0.294. The molecule has 0 aliphatic heterocycles. The van der Waals surface area contributed by atoms with E-state index in [4.69, 9.17) is 0 Å². The SMILES string of the molecule is CN=C(NCc1ccnc(-n2cccn2)c1)NCc1sc(C)nc1C.I. The number of nitrogens with one attached hydrogen (secondary N) is 2. The lowest BCUT2D eigenvalue weighted by molar-refractivity contribution is 0.802. The summed E-state index contributed by atoms with van der Waals surface area (Å²) in [7, 11) is 1.77. The Kier molecular flexibility index (Phi) is 7.51. The number of pyridine rings is 1. The van der Waals surface area contributed by atoms with E-state index in [1.165, 1.54) is 4.88 Å². The topological polar surface area (TPSA) is 80.0 Å². The van der Waals surface area contributed by atoms with Gasteiger partial charge in [0, 0.05) is 37.1 Å². The van der Waals surface area contributed by atoms with Crippen molar-refractivity contribution in [2.45, 2.75) is 26.9 Å². The second-order valence-corrected chi connectivity index (χ2v) is 6.78. The van der Waals surface area contributed by atoms with Crippen LogP contribution >= 0.6 is 35.3 Å². The van der Waals surface area contributed by atoms with Crippen LogP contribution in [0.5, 0.6) is 0 Å². The number of aromatic nitrogens is 4. The summed E-state index contributed by atoms with van der Waals surface area (Å²) in [4.78, 5) is 14.3. The summed E-state index contributed by atoms with van der Waals surface area (Å²) in [6.07, 6.45) is 5.40. The molecule has 0 aromatic carbocycles. The normalized spacial score (nSPS) is 11.1. The maximum absolute atomic E-state index is 4.45. The summed E-state index contributed by atoms with van der Waals surface area (Å²) in [5, 5.41) is 11.9. The summed E-state index contributed by atoms with van der Waals surface area (Å²) in [5.41, 5.74) is 2.18. The third kappa shape index (κ3) is 5.24. The number of guanidine groups is 1. The Morgan fingerprint density at radius 1 is 1.23 bits per heavy atom. The highest BCUT2D eigenvalue weighted by Crippen LogP contribution is 2.16. The predicted octanol–water partition coefficient (Wildman–Crippen LogP) is 2.82. The van der Waals surface area contributed by atoms with E-state index in [9.17, 15) is 0 Å². The van der Waals surface area contributed by atoms with Crippen molar-refractivity contribution in [2.24, 2.45) is 4.99 Å². The van der Waals surface area contributed by atoms with E-state index in [1.54, 1.807) is 35.5 Å². The van der Waals surface area contributed by atoms with Gasteiger partial charge in [0.1, 0.15) is 0 Å². The Labute approximate surface area is 174 Å². The Balaban J connectivity index is 0.00000243. The zero-order valence-electron chi connectivity index (χ0n) is 14.9. The number of thiazole rings is 1. The van der Waals surface area contributed by atoms with Crippen molar-refractivity contribution in [1.82, 2.24) is 30.4 Å². The van der Waals surface area contributed by atoms with E-state index in [1.807, 2.05) is 38.2 Å². The van der Waals surface area contributed by atoms with Crippen LogP contribution in [-0.4, -0.2) is 32.8 Å². The van der Waals surface area contributed by atoms with E-state index in [0.29, 0.717) is 13.1 Å². The Bertz CT molecular complexity index is 858. The first kappa shape index (κ1) is 20.3. The number of aliphatic imine (C=N–C) groups is 1. The number of halogens is 1. The van der Waals surface area contributed by atoms with Gasteiger partial charge < -0.3 is 10.6 Å². The molecular weight excluding hydrogens is 461 g/mol. The molecule has 0 saturated carbocycles. The van der Waals surface area contributed by atoms with Gasteiger partial charge in [-0.25, -0.2) is 14.6 Å². The van der Waals surface area contributed by atoms with Crippen LogP contribution in [0.3, 0.4) is 0 Å². The molecule has 9 heteroatoms. The zero-order chi connectivity index (χ0) is 17.6. The largest absolute Gasteiger partial charge is 0.352 e. The monoisotopic (exact) mass is 483 g/mol. The molecule has 26 heavy (non-hydrogen) atoms. The summed E-state index contributed by atoms with van der Waals surface area (Å²) >= 11 is 1.71. The van der Waals surface area contributed by atoms with Crippen molar-refractivity contribution >= 4 is 41.3 Å². The lowest BCUT2D eigenvalue weighted by atomic mass is 10.2. The number of hydrogen-bond acceptors (Lipinski definition) is 5. The van der Waals surface area contributed by atoms with Gasteiger partial charge in [-0.3, -0.25) is 4.99 Å². The molecule has 138 valence electrons. The van der Waals surface area contributed by atoms with Crippen molar-refractivity contribution in [2.75, 3.05) is 7.05 Å². The van der Waals surface area contributed by atoms with Crippen molar-refractivity contribution in [1.29, 1.82) is 0 Å². The van der Waals surface area contributed by atoms with Gasteiger partial charge in [0.05, 0.1) is 17.2 Å². The highest BCUT2D eigenvalue weighted by Gasteiger charge is 2.06. The third-order valence-corrected chi connectivity index (χ3v) is 4.72. The van der Waals surface area contributed by atoms with Gasteiger partial charge in [-0.2, -0.15) is 5.10 Å². The Morgan fingerprint density at radius 3 is 2.69 bits per heavy atom. The van der Waals surface area contributed by atoms with Crippen molar-refractivity contribution in [3.63, 3.8) is 0 Å². The maximum atomic E-state index is 4.45. The minimum absolute atomic E-state index is 0. The molecule has 3 aromatic rings. The first-order valence-electron chi connectivity index (χ1n) is 7.98. The molecule has 0 aliphatic rings. The molecule has 0 unspecified atom stereocenters. The lowest BCUT2D eigenvalue weighted by Gasteiger charge is -2.12. The molecule has 3 heterocycles. The first-order chi connectivity index (χ1) is 12.2. The molecule has 0 atom stereocenters. The van der Waals surface area contributed by atoms with Crippen LogP contribution in [0.1, 0.15) is 21.1 Å². The molecule has 0 amide bonds. The molecule has 0 radical (unpaired) electrons. The van der Waals surface area contributed by atoms with Crippen LogP contribution in [0.15, 0.2) is 41.8 Å². The van der Waals surface area contributed by atoms with Gasteiger partial charge in [0.2, 0.25) is 0 Å². The van der Waals surface area contributed by atoms with Crippen LogP contribution in [0.4, 0.5) is 0 Å². The molecule has 0 bridgehead atoms. The number of rotatable bonds is 5. The molecular formula is C17H22IN7S. The number of nitrogens with zero attached hydrogens (tertiary/aromatic N) is 5. The molecule has 7 nitrogen and oxygen atoms in total. The van der Waals surface area contributed by atoms with Crippen LogP contribution in [0.25, 0.3) is 5.82 Å². The van der Waals surface area contributed by atoms with Crippen LogP contribution in [0.2, 0.25) is 0 Å². The molecule has 3 rings (SSSR count). The van der Waals surface area contributed by atoms with Gasteiger partial charge in [0.25, 0.3) is 0 Å². The molecule has 3 aromatic heterocycles. The summed E-state index contributed by atoms with van der Waals surface area (Å²) in [6, 6.07) is 5.86. The molecule has 0 spiro atoms. The van der Waals surface area contributed by atoms with E-state index in [-0.39, 0.29) is 24.0 Å². The predicted molar refractivity (Wildman–Crippen MR) is 115 cm³/mol. The fourth-order valence-corrected chi connectivity index (χ4v) is 3.28. The summed E-state index contributed by atoms with van der Waals surface area (Å²) in [6.45, 7) is 5.42. The van der Waals surface area contributed by atoms with E-state index in [2.05, 4.69) is 30.7 Å². The van der Waals surface area contributed by atoms with E-state index >= 15 is 0 Å². The molecule has 0 saturated heterocycles. The highest BCUT2D eigenvalue weighted by atomic mass is 127. The molecule has 0 aliphatic carbocycles. The highest BCUT2D eigenvalue weighted by molar-refractivity contribution is 14.0. The van der Waals surface area contributed by atoms with Crippen molar-refractivity contribution in [3.8, 4) is 5.82 Å². The van der Waals surface area contributed by atoms with Crippen LogP contribution in [-0.2, 0) is 13.1 Å². The second kappa shape index (κ2) is 9.62. The standard InChI is InChI=1S/C17H21N7S.HI/c1-12-15(25-13(2)23-12)11-21-17(18-3)20-10-14-5-7-19-16(9-14)24-8-4-6-22-24;/h4-9H,10-11H2,1-3H3,(H2,18,20,21);1H. The van der Waals surface area contributed by atoms with Gasteiger partial charge in [0.15, 0.2) is 11.8 Å². The lowest BCUT2D eigenvalue weighted by Crippen LogP contribution is -2.36. The average Bonchev–Trinajstić information content (AvgIpc) is 3.25. The quantitative estimate of drug-likeness (QED) is 0.332. The fourth-order valence-electron chi connectivity index (χ4n) is 2.41. The van der Waals surface area contributed by atoms with Crippen molar-refractivity contribution < 1.29 is 0 Å². The zero-order valence-corrected chi connectivity index (χ0v) is 18.1. The van der Waals surface area contributed by atoms with Gasteiger partial charge in [-0.05, 0) is 37.6 Å². The molecule has 0 fully saturated rings. The van der Waals surface area contributed by atoms with E-state index < -0.39 is 0 Å². The maximum Gasteiger partial charge on any atom is 0.191 e. The molecule has 2 N–H and O–H groups in total. The minimum Gasteiger partial charge on any atom is -0.352 e. The Morgan fingerprint density at radius 2 is 2.04 bits per heavy atom. The smallest absolute Gasteiger partial charge is 0.191 e. The van der Waals surface area contributed by atoms with Gasteiger partial charge in [-0.15, -0.1) is 35.3 Å². The Hall–Kier alpha value is -2.01. The van der Waals surface area contributed by atoms with Crippen LogP contribution in [0, 0.1) is 13.8 Å². The minimum atomic E-state index is 0. The van der Waals surface area contributed by atoms with Crippen LogP contribution < -0.4 is 10.6 Å². The van der Waals surface area contributed by atoms with E-state index in [0.717, 1.165) is 28.0 Å². The third-order valence-electron chi connectivity index (χ3n) is 3.65. The average molecular weight is 483 g/mol. The van der Waals surface area contributed by atoms with Crippen molar-refractivity contribution in [3.05, 3.63) is 57.9 Å². The second-order valence-electron chi connectivity index (χ2n) is 5.49. The van der Waals surface area contributed by atoms with Gasteiger partial charge in [-0.1, -0.05) is 0 Å².